The Bertz CT molecular complexity index is 962. The number of ether oxygens (including phenoxy) is 1. The lowest BCUT2D eigenvalue weighted by atomic mass is 10.0. The van der Waals surface area contributed by atoms with Gasteiger partial charge in [-0.3, -0.25) is 38.8 Å². The van der Waals surface area contributed by atoms with Crippen molar-refractivity contribution in [2.45, 2.75) is 18.9 Å². The fourth-order valence-corrected chi connectivity index (χ4v) is 4.62. The molecule has 0 saturated carbocycles. The minimum Gasteiger partial charge on any atom is -0.494 e. The van der Waals surface area contributed by atoms with Crippen LogP contribution in [0, 0.1) is 0 Å². The van der Waals surface area contributed by atoms with Gasteiger partial charge < -0.3 is 30.9 Å². The second-order valence-electron chi connectivity index (χ2n) is 9.83. The lowest BCUT2D eigenvalue weighted by Crippen LogP contribution is -2.53. The largest absolute Gasteiger partial charge is 0.494 e. The van der Waals surface area contributed by atoms with E-state index in [2.05, 4.69) is 0 Å². The third-order valence-corrected chi connectivity index (χ3v) is 6.58. The summed E-state index contributed by atoms with van der Waals surface area (Å²) < 4.78 is 5.66. The van der Waals surface area contributed by atoms with Crippen LogP contribution in [0.15, 0.2) is 24.3 Å². The third kappa shape index (κ3) is 13.2. The molecule has 1 unspecified atom stereocenters. The van der Waals surface area contributed by atoms with Crippen LogP contribution < -0.4 is 10.5 Å². The van der Waals surface area contributed by atoms with Gasteiger partial charge in [-0.15, -0.1) is 0 Å². The highest BCUT2D eigenvalue weighted by Gasteiger charge is 2.27. The molecule has 1 atom stereocenters. The van der Waals surface area contributed by atoms with Gasteiger partial charge in [-0.1, -0.05) is 12.1 Å². The summed E-state index contributed by atoms with van der Waals surface area (Å²) in [6.45, 7) is 1.56. The van der Waals surface area contributed by atoms with Gasteiger partial charge in [0.05, 0.1) is 32.8 Å². The van der Waals surface area contributed by atoms with Crippen LogP contribution in [0.2, 0.25) is 0 Å². The van der Waals surface area contributed by atoms with E-state index < -0.39 is 29.9 Å². The molecule has 0 aliphatic carbocycles. The second kappa shape index (κ2) is 17.4. The molecule has 1 saturated heterocycles. The van der Waals surface area contributed by atoms with Crippen molar-refractivity contribution < 1.29 is 44.3 Å². The lowest BCUT2D eigenvalue weighted by molar-refractivity contribution is -0.142. The van der Waals surface area contributed by atoms with Gasteiger partial charge in [-0.05, 0) is 37.1 Å². The zero-order valence-electron chi connectivity index (χ0n) is 22.7. The van der Waals surface area contributed by atoms with Gasteiger partial charge >= 0.3 is 23.9 Å². The third-order valence-electron chi connectivity index (χ3n) is 6.58. The van der Waals surface area contributed by atoms with E-state index in [1.54, 1.807) is 19.6 Å². The zero-order chi connectivity index (χ0) is 29.5. The number of hydrogen-bond acceptors (Lipinski definition) is 10. The van der Waals surface area contributed by atoms with Crippen LogP contribution in [0.4, 0.5) is 0 Å². The van der Waals surface area contributed by atoms with Gasteiger partial charge in [0.15, 0.2) is 0 Å². The zero-order valence-corrected chi connectivity index (χ0v) is 22.7. The molecule has 1 aliphatic heterocycles. The van der Waals surface area contributed by atoms with Gasteiger partial charge in [0.25, 0.3) is 0 Å². The fourth-order valence-electron chi connectivity index (χ4n) is 4.62. The minimum absolute atomic E-state index is 0.216. The monoisotopic (exact) mass is 567 g/mol. The van der Waals surface area contributed by atoms with Crippen molar-refractivity contribution in [2.75, 3.05) is 85.1 Å². The van der Waals surface area contributed by atoms with E-state index in [1.165, 1.54) is 0 Å². The first-order chi connectivity index (χ1) is 19.0. The average Bonchev–Trinajstić information content (AvgIpc) is 2.86. The maximum absolute atomic E-state index is 11.8. The molecule has 0 bridgehead atoms. The van der Waals surface area contributed by atoms with Crippen LogP contribution >= 0.6 is 0 Å². The molecule has 14 heteroatoms. The molecule has 6 N–H and O–H groups in total. The Morgan fingerprint density at radius 2 is 1.20 bits per heavy atom. The number of carboxylic acid groups (broad SMARTS) is 4. The molecule has 224 valence electrons. The first-order valence-electron chi connectivity index (χ1n) is 13.3. The van der Waals surface area contributed by atoms with E-state index in [9.17, 15) is 39.6 Å². The number of benzene rings is 1. The fraction of sp³-hybridized carbons (Fsp3) is 0.615. The van der Waals surface area contributed by atoms with Gasteiger partial charge in [-0.2, -0.15) is 0 Å². The molecule has 1 aromatic rings. The molecule has 1 fully saturated rings. The van der Waals surface area contributed by atoms with E-state index >= 15 is 0 Å². The summed E-state index contributed by atoms with van der Waals surface area (Å²) in [5.41, 5.74) is 6.40. The van der Waals surface area contributed by atoms with Crippen molar-refractivity contribution in [3.8, 4) is 5.75 Å². The number of aliphatic carboxylic acids is 4. The molecular formula is C26H41N5O9. The Hall–Kier alpha value is -3.30. The van der Waals surface area contributed by atoms with E-state index in [-0.39, 0.29) is 72.0 Å². The summed E-state index contributed by atoms with van der Waals surface area (Å²) in [7, 11) is 0. The van der Waals surface area contributed by atoms with Crippen molar-refractivity contribution in [1.29, 1.82) is 0 Å². The first kappa shape index (κ1) is 32.9. The van der Waals surface area contributed by atoms with Crippen molar-refractivity contribution in [2.24, 2.45) is 5.73 Å². The topological polar surface area (TPSA) is 197 Å². The molecule has 2 rings (SSSR count). The number of carboxylic acids is 4. The Balaban J connectivity index is 2.35. The number of carbonyl (C=O) groups is 4. The second-order valence-corrected chi connectivity index (χ2v) is 9.83. The summed E-state index contributed by atoms with van der Waals surface area (Å²) >= 11 is 0. The van der Waals surface area contributed by atoms with Crippen molar-refractivity contribution in [1.82, 2.24) is 19.6 Å². The summed E-state index contributed by atoms with van der Waals surface area (Å²) in [5.74, 6) is -3.51. The normalized spacial score (nSPS) is 18.9. The highest BCUT2D eigenvalue weighted by molar-refractivity contribution is 5.70. The quantitative estimate of drug-likeness (QED) is 0.170. The standard InChI is InChI=1S/C26H41N5O9/c27-6-1-13-40-22-4-2-20(3-5-22)14-21-15-30(18-25(36)37)10-9-28(16-23(32)33)7-8-29(17-24(34)35)11-12-31(21)19-26(38)39/h2-5,21H,1,6-19,27H2,(H,32,33)(H,34,35)(H,36,37)(H,38,39). The van der Waals surface area contributed by atoms with Crippen LogP contribution in [0.5, 0.6) is 5.75 Å². The maximum atomic E-state index is 11.8. The van der Waals surface area contributed by atoms with E-state index in [1.807, 2.05) is 24.3 Å². The van der Waals surface area contributed by atoms with Crippen molar-refractivity contribution in [3.05, 3.63) is 29.8 Å². The van der Waals surface area contributed by atoms with Crippen molar-refractivity contribution >= 4 is 23.9 Å². The summed E-state index contributed by atoms with van der Waals surface area (Å²) in [6.07, 6.45) is 1.13. The van der Waals surface area contributed by atoms with Gasteiger partial charge in [0.2, 0.25) is 0 Å². The van der Waals surface area contributed by atoms with Gasteiger partial charge in [0.1, 0.15) is 5.75 Å². The molecular weight excluding hydrogens is 526 g/mol. The summed E-state index contributed by atoms with van der Waals surface area (Å²) in [5, 5.41) is 38.0. The molecule has 40 heavy (non-hydrogen) atoms. The Kier molecular flexibility index (Phi) is 14.3. The van der Waals surface area contributed by atoms with E-state index in [4.69, 9.17) is 10.5 Å². The Morgan fingerprint density at radius 3 is 1.70 bits per heavy atom. The van der Waals surface area contributed by atoms with E-state index in [0.717, 1.165) is 12.0 Å². The Labute approximate surface area is 233 Å². The van der Waals surface area contributed by atoms with Crippen LogP contribution in [0.3, 0.4) is 0 Å². The van der Waals surface area contributed by atoms with Crippen LogP contribution in [-0.2, 0) is 25.6 Å². The molecule has 0 aromatic heterocycles. The van der Waals surface area contributed by atoms with Gasteiger partial charge in [0, 0.05) is 51.9 Å². The average molecular weight is 568 g/mol. The SMILES string of the molecule is NCCCOc1ccc(CC2CN(CC(=O)O)CCN(CC(=O)O)CCN(CC(=O)O)CCN2CC(=O)O)cc1. The molecule has 0 amide bonds. The number of rotatable bonds is 14. The van der Waals surface area contributed by atoms with Crippen molar-refractivity contribution in [3.63, 3.8) is 0 Å². The smallest absolute Gasteiger partial charge is 0.317 e. The molecule has 0 spiro atoms. The minimum atomic E-state index is -1.05. The molecule has 1 aliphatic rings. The molecule has 1 aromatic carbocycles. The number of nitrogens with zero attached hydrogens (tertiary/aromatic N) is 4. The molecule has 14 nitrogen and oxygen atoms in total. The maximum Gasteiger partial charge on any atom is 0.317 e. The van der Waals surface area contributed by atoms with Crippen LogP contribution in [0.25, 0.3) is 0 Å². The lowest BCUT2D eigenvalue weighted by Gasteiger charge is -2.37. The highest BCUT2D eigenvalue weighted by atomic mass is 16.5. The molecule has 1 heterocycles. The predicted molar refractivity (Wildman–Crippen MR) is 145 cm³/mol. The summed E-state index contributed by atoms with van der Waals surface area (Å²) in [6, 6.07) is 6.96. The predicted octanol–water partition coefficient (Wildman–Crippen LogP) is -1.11. The van der Waals surface area contributed by atoms with E-state index in [0.29, 0.717) is 25.3 Å². The highest BCUT2D eigenvalue weighted by Crippen LogP contribution is 2.17. The molecule has 0 radical (unpaired) electrons. The first-order valence-corrected chi connectivity index (χ1v) is 13.3. The van der Waals surface area contributed by atoms with Crippen LogP contribution in [0.1, 0.15) is 12.0 Å². The van der Waals surface area contributed by atoms with Gasteiger partial charge in [-0.25, -0.2) is 0 Å². The number of nitrogens with two attached hydrogens (primary N) is 1. The number of hydrogen-bond donors (Lipinski definition) is 5. The Morgan fingerprint density at radius 1 is 0.725 bits per heavy atom. The summed E-state index contributed by atoms with van der Waals surface area (Å²) in [4.78, 5) is 53.2. The van der Waals surface area contributed by atoms with Crippen LogP contribution in [-0.4, -0.2) is 155 Å².